The van der Waals surface area contributed by atoms with E-state index >= 15 is 0 Å². The Morgan fingerprint density at radius 3 is 1.27 bits per heavy atom. The number of ketones is 4. The molecule has 4 saturated heterocycles. The van der Waals surface area contributed by atoms with Gasteiger partial charge in [-0.2, -0.15) is 53.5 Å². The Hall–Kier alpha value is -13.5. The van der Waals surface area contributed by atoms with Gasteiger partial charge in [-0.1, -0.05) is 0 Å². The van der Waals surface area contributed by atoms with Crippen LogP contribution in [0.15, 0.2) is 115 Å². The summed E-state index contributed by atoms with van der Waals surface area (Å²) in [7, 11) is 6.52. The molecule has 0 N–H and O–H groups in total. The van der Waals surface area contributed by atoms with Crippen molar-refractivity contribution >= 4 is 104 Å². The highest BCUT2D eigenvalue weighted by Gasteiger charge is 2.36. The summed E-state index contributed by atoms with van der Waals surface area (Å²) >= 11 is 3.00. The summed E-state index contributed by atoms with van der Waals surface area (Å²) in [6.45, 7) is 9.71. The molecule has 0 aromatic carbocycles. The van der Waals surface area contributed by atoms with Crippen LogP contribution in [-0.2, 0) is 60.1 Å². The van der Waals surface area contributed by atoms with Gasteiger partial charge >= 0.3 is 6.18 Å². The van der Waals surface area contributed by atoms with E-state index in [1.54, 1.807) is 112 Å². The van der Waals surface area contributed by atoms with Crippen LogP contribution in [0, 0.1) is 26.6 Å². The average molecular weight is 1850 g/mol. The van der Waals surface area contributed by atoms with E-state index in [0.29, 0.717) is 151 Å². The van der Waals surface area contributed by atoms with Gasteiger partial charge in [-0.05, 0) is 130 Å². The summed E-state index contributed by atoms with van der Waals surface area (Å²) in [5, 5.41) is 37.1. The number of halogens is 11. The van der Waals surface area contributed by atoms with E-state index in [1.807, 2.05) is 38.1 Å². The normalized spacial score (nSPS) is 15.9. The lowest BCUT2D eigenvalue weighted by molar-refractivity contribution is -0.140. The van der Waals surface area contributed by atoms with Crippen LogP contribution in [0.4, 0.5) is 72.1 Å². The number of alkyl halides is 10. The number of aryl methyl sites for hydroxylation is 7. The molecular formula is C84H79F11N28O4S3. The van der Waals surface area contributed by atoms with Gasteiger partial charge in [0.1, 0.15) is 73.5 Å². The number of carbonyl (C=O) groups is 4. The molecule has 20 heterocycles. The molecule has 0 bridgehead atoms. The molecule has 0 amide bonds. The van der Waals surface area contributed by atoms with Crippen LogP contribution in [0.1, 0.15) is 142 Å². The van der Waals surface area contributed by atoms with Crippen molar-refractivity contribution in [2.24, 2.45) is 28.2 Å². The summed E-state index contributed by atoms with van der Waals surface area (Å²) in [4.78, 5) is 94.6. The van der Waals surface area contributed by atoms with Crippen molar-refractivity contribution in [1.29, 1.82) is 0 Å². The molecule has 4 aliphatic rings. The lowest BCUT2D eigenvalue weighted by Crippen LogP contribution is -2.21. The Balaban J connectivity index is 0.000000121. The number of thiazole rings is 3. The number of anilines is 4. The first kappa shape index (κ1) is 88.5. The second-order valence-electron chi connectivity index (χ2n) is 31.7. The highest BCUT2D eigenvalue weighted by molar-refractivity contribution is 7.15. The van der Waals surface area contributed by atoms with Crippen LogP contribution in [0.25, 0.3) is 65.6 Å². The SMILES string of the molecule is Cc1cc(C)nc(-c2cnn(C)c2C(=O)Cc2cc3nc(N4CC[C@H](F)C4)nn3cc2F)c1.Cc1sc(-c2cnn(C)c2C(=O)Cc2ccn3nc(N4CC[C@H](F)C4)nc3c2)nc1C(F)F.Cn1ncc(-c2nc(C(F)(F)F)cs2)c1C(=O)Cc1ccn2nc(N3CC[C@H](F)C3)nc2c1.Cn1ncc(-c2nc(C(F)F)cs2)c1C(=O)Cc1ccn2nc(N3CCCC3)nc2c1. The first-order valence-electron chi connectivity index (χ1n) is 41.0. The third kappa shape index (κ3) is 18.9. The minimum absolute atomic E-state index is 0.0149. The summed E-state index contributed by atoms with van der Waals surface area (Å²) in [5.74, 6) is 0.379. The zero-order chi connectivity index (χ0) is 91.4. The van der Waals surface area contributed by atoms with Crippen LogP contribution in [0.3, 0.4) is 0 Å². The number of rotatable bonds is 22. The largest absolute Gasteiger partial charge is 0.434 e. The molecule has 32 nitrogen and oxygen atoms in total. The number of hydrogen-bond donors (Lipinski definition) is 0. The maximum atomic E-state index is 14.9. The zero-order valence-corrected chi connectivity index (χ0v) is 72.9. The fourth-order valence-electron chi connectivity index (χ4n) is 15.8. The van der Waals surface area contributed by atoms with Crippen molar-refractivity contribution in [1.82, 2.24) is 117 Å². The van der Waals surface area contributed by atoms with E-state index in [9.17, 15) is 67.5 Å². The molecule has 0 aliphatic carbocycles. The number of fused-ring (bicyclic) bond motifs is 4. The Bertz CT molecular complexity index is 6930. The second kappa shape index (κ2) is 36.5. The zero-order valence-electron chi connectivity index (χ0n) is 70.4. The molecule has 16 aromatic heterocycles. The van der Waals surface area contributed by atoms with Gasteiger partial charge < -0.3 is 19.6 Å². The van der Waals surface area contributed by atoms with Gasteiger partial charge in [0.25, 0.3) is 12.9 Å². The quantitative estimate of drug-likeness (QED) is 0.0449. The molecule has 3 atom stereocenters. The highest BCUT2D eigenvalue weighted by atomic mass is 32.1. The molecular weight excluding hydrogens is 1770 g/mol. The monoisotopic (exact) mass is 1850 g/mol. The fourth-order valence-corrected chi connectivity index (χ4v) is 18.4. The van der Waals surface area contributed by atoms with E-state index in [2.05, 4.69) is 85.6 Å². The Morgan fingerprint density at radius 1 is 0.454 bits per heavy atom. The van der Waals surface area contributed by atoms with E-state index in [1.165, 1.54) is 59.5 Å². The van der Waals surface area contributed by atoms with E-state index in [0.717, 1.165) is 82.1 Å². The predicted octanol–water partition coefficient (Wildman–Crippen LogP) is 14.2. The smallest absolute Gasteiger partial charge is 0.340 e. The minimum atomic E-state index is -4.56. The number of Topliss-reactive ketones (excluding diaryl/α,β-unsaturated/α-hetero) is 4. The van der Waals surface area contributed by atoms with Crippen LogP contribution in [-0.4, -0.2) is 211 Å². The molecule has 0 saturated carbocycles. The molecule has 674 valence electrons. The Labute approximate surface area is 742 Å². The number of aromatic nitrogens is 24. The molecule has 16 aromatic rings. The summed E-state index contributed by atoms with van der Waals surface area (Å²) < 4.78 is 158. The molecule has 0 spiro atoms. The fraction of sp³-hybridized carbons (Fsp3) is 0.357. The first-order valence-corrected chi connectivity index (χ1v) is 43.6. The number of hydrogen-bond acceptors (Lipinski definition) is 27. The molecule has 20 rings (SSSR count). The molecule has 4 fully saturated rings. The second-order valence-corrected chi connectivity index (χ2v) is 34.6. The van der Waals surface area contributed by atoms with Gasteiger partial charge in [-0.15, -0.1) is 54.4 Å². The van der Waals surface area contributed by atoms with Crippen molar-refractivity contribution in [2.75, 3.05) is 72.0 Å². The summed E-state index contributed by atoms with van der Waals surface area (Å²) in [6, 6.07) is 16.0. The van der Waals surface area contributed by atoms with E-state index in [-0.39, 0.29) is 102 Å². The summed E-state index contributed by atoms with van der Waals surface area (Å²) in [6.07, 6.45) is 3.30. The van der Waals surface area contributed by atoms with Crippen molar-refractivity contribution in [2.45, 2.75) is 116 Å². The number of nitrogens with zero attached hydrogens (tertiary/aromatic N) is 28. The van der Waals surface area contributed by atoms with E-state index < -0.39 is 49.1 Å². The maximum Gasteiger partial charge on any atom is 0.434 e. The third-order valence-electron chi connectivity index (χ3n) is 22.2. The number of pyridine rings is 5. The number of carbonyl (C=O) groups excluding carboxylic acids is 4. The van der Waals surface area contributed by atoms with Gasteiger partial charge in [0.05, 0.1) is 73.0 Å². The van der Waals surface area contributed by atoms with Gasteiger partial charge in [0.2, 0.25) is 23.8 Å². The van der Waals surface area contributed by atoms with Gasteiger partial charge in [0, 0.05) is 138 Å². The average Bonchev–Trinajstić information content (AvgIpc) is 1.72. The molecule has 46 heteroatoms. The lowest BCUT2D eigenvalue weighted by atomic mass is 10.0. The van der Waals surface area contributed by atoms with Crippen molar-refractivity contribution < 1.29 is 67.5 Å². The lowest BCUT2D eigenvalue weighted by Gasteiger charge is -2.10. The van der Waals surface area contributed by atoms with Crippen LogP contribution >= 0.6 is 34.0 Å². The van der Waals surface area contributed by atoms with Crippen molar-refractivity contribution in [3.05, 3.63) is 199 Å². The standard InChI is InChI=1S/C23H23F2N7O.C21H20F3N7OS.C20H17F4N7OS.C20H19F2N7OS/c1-13-6-14(2)27-19(7-13)17-10-26-30(3)22(17)20(33)8-15-9-21-28-23(29-32(21)12-18(15)25)31-5-4-16(24)11-31;1-11-17(19(23)24)27-20(33-11)14-9-25-29(2)18(14)15(32)7-12-3-6-31-16(8-12)26-21(28-31)30-5-4-13(22)10-30;1-29-17(13(8-25-29)18-26-15(10-33-18)20(22,23)24)14(32)6-11-2-5-31-16(7-11)27-19(28-31)30-4-3-12(21)9-30;1-27-17(13(10-23-27)19-24-14(11-31-19)18(21)22)15(30)8-12-4-7-29-16(9-12)25-20(26-29)28-5-2-3-6-28/h6-7,9-10,12,16H,4-5,8,11H2,1-3H3;3,6,8-9,13,19H,4-5,7,10H2,1-2H3;2,5,7-8,10,12H,3-4,6,9H2,1H3;4,7,9-11,18H,2-3,5-6,8H2,1H3/t16-;13-;12-;/m000./s1. The van der Waals surface area contributed by atoms with Gasteiger partial charge in [-0.3, -0.25) is 42.9 Å². The van der Waals surface area contributed by atoms with Crippen molar-refractivity contribution in [3.8, 4) is 43.0 Å². The maximum absolute atomic E-state index is 14.9. The Kier molecular flexibility index (Phi) is 24.9. The topological polar surface area (TPSA) is 325 Å². The van der Waals surface area contributed by atoms with Crippen LogP contribution in [0.5, 0.6) is 0 Å². The highest BCUT2D eigenvalue weighted by Crippen LogP contribution is 2.39. The van der Waals surface area contributed by atoms with E-state index in [4.69, 9.17) is 0 Å². The van der Waals surface area contributed by atoms with Crippen LogP contribution in [0.2, 0.25) is 0 Å². The van der Waals surface area contributed by atoms with Gasteiger partial charge in [0.15, 0.2) is 51.4 Å². The molecule has 4 aliphatic heterocycles. The predicted molar refractivity (Wildman–Crippen MR) is 459 cm³/mol. The molecule has 0 radical (unpaired) electrons. The van der Waals surface area contributed by atoms with Gasteiger partial charge in [-0.25, -0.2) is 68.1 Å². The third-order valence-corrected chi connectivity index (χ3v) is 25.0. The minimum Gasteiger partial charge on any atom is -0.340 e. The first-order chi connectivity index (χ1) is 62.3. The van der Waals surface area contributed by atoms with Crippen LogP contribution < -0.4 is 19.6 Å². The summed E-state index contributed by atoms with van der Waals surface area (Å²) in [5.41, 5.74) is 8.38. The van der Waals surface area contributed by atoms with Crippen molar-refractivity contribution in [3.63, 3.8) is 0 Å². The Morgan fingerprint density at radius 2 is 0.862 bits per heavy atom. The molecule has 130 heavy (non-hydrogen) atoms. The molecule has 0 unspecified atom stereocenters.